The van der Waals surface area contributed by atoms with Crippen LogP contribution in [0.1, 0.15) is 13.3 Å². The number of hydrogen-bond acceptors (Lipinski definition) is 3. The van der Waals surface area contributed by atoms with E-state index in [-0.39, 0.29) is 12.5 Å². The molecule has 0 spiro atoms. The molecular weight excluding hydrogens is 305 g/mol. The first-order chi connectivity index (χ1) is 8.08. The van der Waals surface area contributed by atoms with Gasteiger partial charge in [0.2, 0.25) is 5.91 Å². The Bertz CT molecular complexity index is 400. The number of nitrogens with zero attached hydrogens (tertiary/aromatic N) is 2. The van der Waals surface area contributed by atoms with Gasteiger partial charge in [-0.1, -0.05) is 18.5 Å². The Labute approximate surface area is 114 Å². The predicted octanol–water partition coefficient (Wildman–Crippen LogP) is 2.46. The van der Waals surface area contributed by atoms with Crippen molar-refractivity contribution in [2.45, 2.75) is 13.3 Å². The fraction of sp³-hybridized carbons (Fsp3) is 0.455. The van der Waals surface area contributed by atoms with Crippen LogP contribution in [0.3, 0.4) is 0 Å². The molecule has 1 heterocycles. The molecule has 1 N–H and O–H groups in total. The summed E-state index contributed by atoms with van der Waals surface area (Å²) in [5.41, 5.74) is 0. The smallest absolute Gasteiger partial charge is 0.239 e. The first-order valence-corrected chi connectivity index (χ1v) is 6.52. The summed E-state index contributed by atoms with van der Waals surface area (Å²) in [6, 6.07) is 1.77. The Morgan fingerprint density at radius 1 is 1.65 bits per heavy atom. The average molecular weight is 321 g/mol. The van der Waals surface area contributed by atoms with E-state index < -0.39 is 0 Å². The molecule has 0 aliphatic carbocycles. The van der Waals surface area contributed by atoms with E-state index in [1.807, 2.05) is 11.8 Å². The molecule has 0 atom stereocenters. The highest BCUT2D eigenvalue weighted by atomic mass is 79.9. The van der Waals surface area contributed by atoms with Gasteiger partial charge < -0.3 is 10.2 Å². The standard InChI is InChI=1S/C11H15BrClN3O/c1-3-4-16(7-10(17)14-2)11-9(13)5-8(12)6-15-11/h5-6H,3-4,7H2,1-2H3,(H,14,17). The van der Waals surface area contributed by atoms with E-state index in [4.69, 9.17) is 11.6 Å². The van der Waals surface area contributed by atoms with Gasteiger partial charge in [0.25, 0.3) is 0 Å². The number of anilines is 1. The van der Waals surface area contributed by atoms with Crippen LogP contribution in [-0.4, -0.2) is 31.0 Å². The maximum absolute atomic E-state index is 11.4. The molecule has 1 amide bonds. The van der Waals surface area contributed by atoms with Gasteiger partial charge in [-0.2, -0.15) is 0 Å². The fourth-order valence-corrected chi connectivity index (χ4v) is 2.17. The number of pyridine rings is 1. The van der Waals surface area contributed by atoms with Crippen molar-refractivity contribution in [1.29, 1.82) is 0 Å². The third-order valence-corrected chi connectivity index (χ3v) is 2.91. The van der Waals surface area contributed by atoms with Crippen LogP contribution in [0.4, 0.5) is 5.82 Å². The largest absolute Gasteiger partial charge is 0.358 e. The van der Waals surface area contributed by atoms with E-state index in [2.05, 4.69) is 26.2 Å². The van der Waals surface area contributed by atoms with E-state index in [9.17, 15) is 4.79 Å². The van der Waals surface area contributed by atoms with Crippen molar-refractivity contribution in [3.63, 3.8) is 0 Å². The lowest BCUT2D eigenvalue weighted by Gasteiger charge is -2.23. The van der Waals surface area contributed by atoms with Gasteiger partial charge in [0.05, 0.1) is 11.6 Å². The summed E-state index contributed by atoms with van der Waals surface area (Å²) in [7, 11) is 1.61. The number of halogens is 2. The maximum Gasteiger partial charge on any atom is 0.239 e. The minimum Gasteiger partial charge on any atom is -0.358 e. The summed E-state index contributed by atoms with van der Waals surface area (Å²) in [5, 5.41) is 3.13. The highest BCUT2D eigenvalue weighted by molar-refractivity contribution is 9.10. The van der Waals surface area contributed by atoms with Crippen molar-refractivity contribution in [3.8, 4) is 0 Å². The van der Waals surface area contributed by atoms with Crippen LogP contribution in [0.25, 0.3) is 0 Å². The van der Waals surface area contributed by atoms with Gasteiger partial charge in [-0.25, -0.2) is 4.98 Å². The zero-order chi connectivity index (χ0) is 12.8. The Kier molecular flexibility index (Phi) is 5.71. The summed E-state index contributed by atoms with van der Waals surface area (Å²) in [6.07, 6.45) is 2.60. The fourth-order valence-electron chi connectivity index (χ4n) is 1.42. The van der Waals surface area contributed by atoms with Gasteiger partial charge in [0, 0.05) is 24.3 Å². The first-order valence-electron chi connectivity index (χ1n) is 5.35. The Balaban J connectivity index is 2.92. The third kappa shape index (κ3) is 4.16. The predicted molar refractivity (Wildman–Crippen MR) is 73.5 cm³/mol. The van der Waals surface area contributed by atoms with Crippen LogP contribution in [0.15, 0.2) is 16.7 Å². The Hall–Kier alpha value is -0.810. The molecule has 17 heavy (non-hydrogen) atoms. The van der Waals surface area contributed by atoms with Crippen LogP contribution < -0.4 is 10.2 Å². The van der Waals surface area contributed by atoms with Gasteiger partial charge in [-0.15, -0.1) is 0 Å². The minimum atomic E-state index is -0.0563. The molecule has 0 aromatic carbocycles. The second-order valence-electron chi connectivity index (χ2n) is 3.55. The van der Waals surface area contributed by atoms with E-state index in [0.29, 0.717) is 10.8 Å². The topological polar surface area (TPSA) is 45.2 Å². The van der Waals surface area contributed by atoms with Crippen LogP contribution in [0.5, 0.6) is 0 Å². The number of rotatable bonds is 5. The second kappa shape index (κ2) is 6.81. The van der Waals surface area contributed by atoms with E-state index in [0.717, 1.165) is 17.4 Å². The molecule has 0 saturated carbocycles. The lowest BCUT2D eigenvalue weighted by atomic mass is 10.3. The van der Waals surface area contributed by atoms with Crippen molar-refractivity contribution < 1.29 is 4.79 Å². The van der Waals surface area contributed by atoms with Crippen molar-refractivity contribution >= 4 is 39.3 Å². The monoisotopic (exact) mass is 319 g/mol. The summed E-state index contributed by atoms with van der Waals surface area (Å²) in [5.74, 6) is 0.583. The lowest BCUT2D eigenvalue weighted by Crippen LogP contribution is -2.36. The van der Waals surface area contributed by atoms with E-state index in [1.54, 1.807) is 19.3 Å². The number of aromatic nitrogens is 1. The third-order valence-electron chi connectivity index (χ3n) is 2.19. The lowest BCUT2D eigenvalue weighted by molar-refractivity contribution is -0.119. The van der Waals surface area contributed by atoms with Gasteiger partial charge in [0.1, 0.15) is 5.82 Å². The zero-order valence-corrected chi connectivity index (χ0v) is 12.2. The number of hydrogen-bond donors (Lipinski definition) is 1. The summed E-state index contributed by atoms with van der Waals surface area (Å²) < 4.78 is 0.822. The molecule has 0 aliphatic heterocycles. The quantitative estimate of drug-likeness (QED) is 0.906. The number of amides is 1. The molecule has 0 bridgehead atoms. The molecule has 0 radical (unpaired) electrons. The molecule has 0 saturated heterocycles. The molecule has 94 valence electrons. The average Bonchev–Trinajstić information content (AvgIpc) is 2.28. The van der Waals surface area contributed by atoms with Crippen LogP contribution in [0.2, 0.25) is 5.02 Å². The number of carbonyl (C=O) groups excluding carboxylic acids is 1. The first kappa shape index (κ1) is 14.3. The molecule has 6 heteroatoms. The van der Waals surface area contributed by atoms with Gasteiger partial charge >= 0.3 is 0 Å². The highest BCUT2D eigenvalue weighted by Gasteiger charge is 2.14. The highest BCUT2D eigenvalue weighted by Crippen LogP contribution is 2.26. The minimum absolute atomic E-state index is 0.0563. The van der Waals surface area contributed by atoms with E-state index in [1.165, 1.54) is 0 Å². The van der Waals surface area contributed by atoms with Gasteiger partial charge in [-0.3, -0.25) is 4.79 Å². The molecule has 0 aliphatic rings. The zero-order valence-electron chi connectivity index (χ0n) is 9.83. The van der Waals surface area contributed by atoms with Crippen LogP contribution in [0, 0.1) is 0 Å². The van der Waals surface area contributed by atoms with Gasteiger partial charge in [-0.05, 0) is 28.4 Å². The van der Waals surface area contributed by atoms with Crippen LogP contribution >= 0.6 is 27.5 Å². The normalized spacial score (nSPS) is 10.1. The van der Waals surface area contributed by atoms with Crippen LogP contribution in [-0.2, 0) is 4.79 Å². The van der Waals surface area contributed by atoms with Crippen molar-refractivity contribution in [1.82, 2.24) is 10.3 Å². The number of nitrogens with one attached hydrogen (secondary N) is 1. The molecule has 0 unspecified atom stereocenters. The Morgan fingerprint density at radius 3 is 2.88 bits per heavy atom. The second-order valence-corrected chi connectivity index (χ2v) is 4.88. The van der Waals surface area contributed by atoms with Crippen molar-refractivity contribution in [3.05, 3.63) is 21.8 Å². The Morgan fingerprint density at radius 2 is 2.35 bits per heavy atom. The van der Waals surface area contributed by atoms with Crippen molar-refractivity contribution in [2.75, 3.05) is 25.0 Å². The molecule has 1 aromatic rings. The molecule has 1 rings (SSSR count). The van der Waals surface area contributed by atoms with Crippen molar-refractivity contribution in [2.24, 2.45) is 0 Å². The number of likely N-dealkylation sites (N-methyl/N-ethyl adjacent to an activating group) is 1. The van der Waals surface area contributed by atoms with E-state index >= 15 is 0 Å². The SMILES string of the molecule is CCCN(CC(=O)NC)c1ncc(Br)cc1Cl. The van der Waals surface area contributed by atoms with Gasteiger partial charge in [0.15, 0.2) is 0 Å². The molecule has 4 nitrogen and oxygen atoms in total. The molecule has 1 aromatic heterocycles. The molecular formula is C11H15BrClN3O. The maximum atomic E-state index is 11.4. The summed E-state index contributed by atoms with van der Waals surface area (Å²) >= 11 is 9.42. The summed E-state index contributed by atoms with van der Waals surface area (Å²) in [6.45, 7) is 3.05. The molecule has 0 fully saturated rings. The summed E-state index contributed by atoms with van der Waals surface area (Å²) in [4.78, 5) is 17.5. The number of carbonyl (C=O) groups is 1.